The van der Waals surface area contributed by atoms with Crippen molar-refractivity contribution in [3.8, 4) is 0 Å². The monoisotopic (exact) mass is 269 g/mol. The fourth-order valence-electron chi connectivity index (χ4n) is 1.55. The van der Waals surface area contributed by atoms with Gasteiger partial charge in [0.15, 0.2) is 0 Å². The first-order valence-corrected chi connectivity index (χ1v) is 6.45. The van der Waals surface area contributed by atoms with E-state index in [1.54, 1.807) is 0 Å². The molecule has 0 aromatic heterocycles. The van der Waals surface area contributed by atoms with E-state index in [2.05, 4.69) is 60.2 Å². The van der Waals surface area contributed by atoms with Gasteiger partial charge in [0.05, 0.1) is 0 Å². The minimum Gasteiger partial charge on any atom is -0.383 e. The van der Waals surface area contributed by atoms with Gasteiger partial charge in [-0.2, -0.15) is 0 Å². The molecule has 84 valence electrons. The molecule has 0 aliphatic carbocycles. The normalized spacial score (nSPS) is 12.5. The maximum atomic E-state index is 3.55. The first-order chi connectivity index (χ1) is 7.13. The lowest BCUT2D eigenvalue weighted by Crippen LogP contribution is -2.14. The maximum absolute atomic E-state index is 3.55. The van der Waals surface area contributed by atoms with E-state index in [1.165, 1.54) is 35.0 Å². The van der Waals surface area contributed by atoms with E-state index < -0.39 is 0 Å². The van der Waals surface area contributed by atoms with E-state index in [9.17, 15) is 0 Å². The molecule has 0 saturated carbocycles. The van der Waals surface area contributed by atoms with Gasteiger partial charge in [-0.25, -0.2) is 0 Å². The highest BCUT2D eigenvalue weighted by atomic mass is 79.9. The number of nitrogens with one attached hydrogen (secondary N) is 1. The molecule has 1 atom stereocenters. The Morgan fingerprint density at radius 2 is 2.13 bits per heavy atom. The molecule has 1 aromatic carbocycles. The molecule has 1 unspecified atom stereocenters. The van der Waals surface area contributed by atoms with E-state index >= 15 is 0 Å². The minimum atomic E-state index is 0.555. The number of halogens is 1. The van der Waals surface area contributed by atoms with Crippen LogP contribution in [0, 0.1) is 6.92 Å². The van der Waals surface area contributed by atoms with E-state index in [4.69, 9.17) is 0 Å². The Bertz CT molecular complexity index is 309. The summed E-state index contributed by atoms with van der Waals surface area (Å²) in [7, 11) is 0. The fourth-order valence-corrected chi connectivity index (χ4v) is 1.93. The van der Waals surface area contributed by atoms with Gasteiger partial charge in [0.1, 0.15) is 0 Å². The molecular weight excluding hydrogens is 250 g/mol. The molecule has 15 heavy (non-hydrogen) atoms. The van der Waals surface area contributed by atoms with Gasteiger partial charge in [-0.15, -0.1) is 0 Å². The second-order valence-corrected chi connectivity index (χ2v) is 5.01. The second-order valence-electron chi connectivity index (χ2n) is 4.15. The molecule has 2 heteroatoms. The Balaban J connectivity index is 2.53. The molecule has 0 aliphatic heterocycles. The summed E-state index contributed by atoms with van der Waals surface area (Å²) in [5, 5.41) is 3.51. The SMILES string of the molecule is CCCCC(C)Nc1ccc(C)c(Br)c1. The molecule has 1 nitrogen and oxygen atoms in total. The molecular formula is C13H20BrN. The third kappa shape index (κ3) is 4.25. The third-order valence-corrected chi connectivity index (χ3v) is 3.43. The largest absolute Gasteiger partial charge is 0.383 e. The first kappa shape index (κ1) is 12.6. The lowest BCUT2D eigenvalue weighted by molar-refractivity contribution is 0.645. The van der Waals surface area contributed by atoms with Crippen molar-refractivity contribution in [3.63, 3.8) is 0 Å². The summed E-state index contributed by atoms with van der Waals surface area (Å²) >= 11 is 3.55. The van der Waals surface area contributed by atoms with Crippen LogP contribution in [0.1, 0.15) is 38.7 Å². The Labute approximate surface area is 101 Å². The van der Waals surface area contributed by atoms with Crippen LogP contribution in [0.4, 0.5) is 5.69 Å². The number of rotatable bonds is 5. The molecule has 0 bridgehead atoms. The van der Waals surface area contributed by atoms with Crippen molar-refractivity contribution >= 4 is 21.6 Å². The van der Waals surface area contributed by atoms with Gasteiger partial charge in [0.2, 0.25) is 0 Å². The topological polar surface area (TPSA) is 12.0 Å². The smallest absolute Gasteiger partial charge is 0.0353 e. The molecule has 0 aliphatic rings. The zero-order valence-electron chi connectivity index (χ0n) is 9.81. The lowest BCUT2D eigenvalue weighted by Gasteiger charge is -2.15. The van der Waals surface area contributed by atoms with Gasteiger partial charge in [-0.1, -0.05) is 41.8 Å². The van der Waals surface area contributed by atoms with Crippen LogP contribution in [-0.2, 0) is 0 Å². The molecule has 0 fully saturated rings. The highest BCUT2D eigenvalue weighted by Crippen LogP contribution is 2.21. The highest BCUT2D eigenvalue weighted by Gasteiger charge is 2.02. The van der Waals surface area contributed by atoms with Crippen LogP contribution in [0.15, 0.2) is 22.7 Å². The fraction of sp³-hybridized carbons (Fsp3) is 0.538. The molecule has 0 amide bonds. The van der Waals surface area contributed by atoms with E-state index in [0.717, 1.165) is 0 Å². The standard InChI is InChI=1S/C13H20BrN/c1-4-5-6-11(3)15-12-8-7-10(2)13(14)9-12/h7-9,11,15H,4-6H2,1-3H3. The summed E-state index contributed by atoms with van der Waals surface area (Å²) in [5.74, 6) is 0. The Hall–Kier alpha value is -0.500. The van der Waals surface area contributed by atoms with Crippen LogP contribution >= 0.6 is 15.9 Å². The number of unbranched alkanes of at least 4 members (excludes halogenated alkanes) is 1. The molecule has 1 rings (SSSR count). The zero-order valence-corrected chi connectivity index (χ0v) is 11.4. The van der Waals surface area contributed by atoms with Crippen LogP contribution in [0.3, 0.4) is 0 Å². The summed E-state index contributed by atoms with van der Waals surface area (Å²) in [5.41, 5.74) is 2.48. The van der Waals surface area contributed by atoms with Crippen LogP contribution in [-0.4, -0.2) is 6.04 Å². The minimum absolute atomic E-state index is 0.555. The Morgan fingerprint density at radius 1 is 1.40 bits per heavy atom. The van der Waals surface area contributed by atoms with Crippen molar-refractivity contribution in [1.82, 2.24) is 0 Å². The van der Waals surface area contributed by atoms with Crippen LogP contribution in [0.25, 0.3) is 0 Å². The van der Waals surface area contributed by atoms with Gasteiger partial charge in [-0.3, -0.25) is 0 Å². The van der Waals surface area contributed by atoms with Crippen molar-refractivity contribution < 1.29 is 0 Å². The first-order valence-electron chi connectivity index (χ1n) is 5.66. The molecule has 0 saturated heterocycles. The van der Waals surface area contributed by atoms with Gasteiger partial charge >= 0.3 is 0 Å². The number of aryl methyl sites for hydroxylation is 1. The van der Waals surface area contributed by atoms with Crippen molar-refractivity contribution in [2.45, 2.75) is 46.1 Å². The molecule has 1 aromatic rings. The van der Waals surface area contributed by atoms with Crippen LogP contribution in [0.2, 0.25) is 0 Å². The molecule has 0 heterocycles. The van der Waals surface area contributed by atoms with Crippen molar-refractivity contribution in [2.24, 2.45) is 0 Å². The summed E-state index contributed by atoms with van der Waals surface area (Å²) in [4.78, 5) is 0. The summed E-state index contributed by atoms with van der Waals surface area (Å²) in [6.07, 6.45) is 3.80. The van der Waals surface area contributed by atoms with Gasteiger partial charge in [-0.05, 0) is 38.0 Å². The van der Waals surface area contributed by atoms with Gasteiger partial charge < -0.3 is 5.32 Å². The molecule has 1 N–H and O–H groups in total. The number of hydrogen-bond donors (Lipinski definition) is 1. The number of anilines is 1. The van der Waals surface area contributed by atoms with Crippen molar-refractivity contribution in [3.05, 3.63) is 28.2 Å². The summed E-state index contributed by atoms with van der Waals surface area (Å²) in [6, 6.07) is 6.98. The lowest BCUT2D eigenvalue weighted by atomic mass is 10.1. The Morgan fingerprint density at radius 3 is 2.73 bits per heavy atom. The number of benzene rings is 1. The van der Waals surface area contributed by atoms with Gasteiger partial charge in [0.25, 0.3) is 0 Å². The predicted molar refractivity (Wildman–Crippen MR) is 71.5 cm³/mol. The molecule has 0 spiro atoms. The van der Waals surface area contributed by atoms with Crippen LogP contribution in [0.5, 0.6) is 0 Å². The van der Waals surface area contributed by atoms with Gasteiger partial charge in [0, 0.05) is 16.2 Å². The Kier molecular flexibility index (Phi) is 5.16. The molecule has 0 radical (unpaired) electrons. The highest BCUT2D eigenvalue weighted by molar-refractivity contribution is 9.10. The third-order valence-electron chi connectivity index (χ3n) is 2.58. The predicted octanol–water partition coefficient (Wildman–Crippen LogP) is 4.75. The van der Waals surface area contributed by atoms with E-state index in [0.29, 0.717) is 6.04 Å². The maximum Gasteiger partial charge on any atom is 0.0353 e. The quantitative estimate of drug-likeness (QED) is 0.814. The average molecular weight is 270 g/mol. The zero-order chi connectivity index (χ0) is 11.3. The van der Waals surface area contributed by atoms with Crippen LogP contribution < -0.4 is 5.32 Å². The second kappa shape index (κ2) is 6.16. The summed E-state index contributed by atoms with van der Waals surface area (Å²) in [6.45, 7) is 6.58. The van der Waals surface area contributed by atoms with E-state index in [1.807, 2.05) is 0 Å². The van der Waals surface area contributed by atoms with E-state index in [-0.39, 0.29) is 0 Å². The summed E-state index contributed by atoms with van der Waals surface area (Å²) < 4.78 is 1.18. The van der Waals surface area contributed by atoms with Crippen molar-refractivity contribution in [2.75, 3.05) is 5.32 Å². The van der Waals surface area contributed by atoms with Crippen molar-refractivity contribution in [1.29, 1.82) is 0 Å². The average Bonchev–Trinajstić information content (AvgIpc) is 2.20. The number of hydrogen-bond acceptors (Lipinski definition) is 1.